The smallest absolute Gasteiger partial charge is 0.421 e. The van der Waals surface area contributed by atoms with Crippen LogP contribution in [0.15, 0.2) is 23.3 Å². The zero-order valence-corrected chi connectivity index (χ0v) is 18.2. The number of pyridine rings is 1. The van der Waals surface area contributed by atoms with E-state index in [-0.39, 0.29) is 54.9 Å². The Kier molecular flexibility index (Phi) is 9.24. The van der Waals surface area contributed by atoms with Crippen molar-refractivity contribution in [3.8, 4) is 5.88 Å². The maximum atomic E-state index is 12.9. The molecule has 7 nitrogen and oxygen atoms in total. The molecule has 1 aliphatic heterocycles. The summed E-state index contributed by atoms with van der Waals surface area (Å²) in [6, 6.07) is 2.13. The third-order valence-electron chi connectivity index (χ3n) is 4.33. The number of carbonyl (C=O) groups excluding carboxylic acids is 1. The minimum absolute atomic E-state index is 0. The maximum Gasteiger partial charge on any atom is 0.421 e. The number of likely N-dealkylation sites (tertiary alicyclic amines) is 1. The van der Waals surface area contributed by atoms with Crippen LogP contribution in [0.25, 0.3) is 0 Å². The summed E-state index contributed by atoms with van der Waals surface area (Å²) in [6.07, 6.45) is -3.28. The maximum absolute atomic E-state index is 12.9. The molecule has 158 valence electrons. The van der Waals surface area contributed by atoms with Gasteiger partial charge < -0.3 is 19.7 Å². The summed E-state index contributed by atoms with van der Waals surface area (Å²) in [6.45, 7) is 3.25. The van der Waals surface area contributed by atoms with Crippen molar-refractivity contribution >= 4 is 35.9 Å². The van der Waals surface area contributed by atoms with E-state index in [2.05, 4.69) is 15.3 Å². The molecule has 11 heteroatoms. The minimum atomic E-state index is -4.53. The fourth-order valence-electron chi connectivity index (χ4n) is 2.96. The fraction of sp³-hybridized carbons (Fsp3) is 0.588. The number of methoxy groups -OCH3 is 1. The van der Waals surface area contributed by atoms with E-state index in [1.807, 2.05) is 11.8 Å². The Labute approximate surface area is 178 Å². The van der Waals surface area contributed by atoms with Crippen molar-refractivity contribution in [1.82, 2.24) is 15.2 Å². The van der Waals surface area contributed by atoms with Gasteiger partial charge >= 0.3 is 12.1 Å². The number of carbonyl (C=O) groups is 1. The molecule has 28 heavy (non-hydrogen) atoms. The lowest BCUT2D eigenvalue weighted by atomic mass is 9.99. The van der Waals surface area contributed by atoms with Crippen LogP contribution >= 0.6 is 24.0 Å². The molecule has 1 N–H and O–H groups in total. The van der Waals surface area contributed by atoms with Gasteiger partial charge in [0, 0.05) is 26.3 Å². The van der Waals surface area contributed by atoms with E-state index >= 15 is 0 Å². The zero-order valence-electron chi connectivity index (χ0n) is 15.8. The topological polar surface area (TPSA) is 76.1 Å². The van der Waals surface area contributed by atoms with Crippen molar-refractivity contribution < 1.29 is 27.4 Å². The Hall–Kier alpha value is -1.79. The summed E-state index contributed by atoms with van der Waals surface area (Å²) in [5.41, 5.74) is -0.913. The van der Waals surface area contributed by atoms with Crippen LogP contribution in [0.2, 0.25) is 0 Å². The van der Waals surface area contributed by atoms with Crippen LogP contribution in [-0.4, -0.2) is 62.2 Å². The Morgan fingerprint density at radius 1 is 1.43 bits per heavy atom. The van der Waals surface area contributed by atoms with Gasteiger partial charge in [-0.05, 0) is 18.1 Å². The molecule has 0 aromatic carbocycles. The van der Waals surface area contributed by atoms with Gasteiger partial charge in [-0.25, -0.2) is 4.98 Å². The van der Waals surface area contributed by atoms with Crippen LogP contribution in [0, 0.1) is 11.8 Å². The molecule has 0 spiro atoms. The number of nitrogens with one attached hydrogen (secondary N) is 1. The predicted molar refractivity (Wildman–Crippen MR) is 108 cm³/mol. The number of halogens is 4. The highest BCUT2D eigenvalue weighted by atomic mass is 127. The van der Waals surface area contributed by atoms with Gasteiger partial charge in [-0.1, -0.05) is 6.92 Å². The molecule has 1 aromatic heterocycles. The monoisotopic (exact) mass is 516 g/mol. The average Bonchev–Trinajstić information content (AvgIpc) is 3.02. The van der Waals surface area contributed by atoms with Gasteiger partial charge in [0.25, 0.3) is 0 Å². The number of ether oxygens (including phenoxy) is 2. The second-order valence-corrected chi connectivity index (χ2v) is 6.19. The largest absolute Gasteiger partial charge is 0.475 e. The lowest BCUT2D eigenvalue weighted by Gasteiger charge is -2.21. The predicted octanol–water partition coefficient (Wildman–Crippen LogP) is 2.41. The van der Waals surface area contributed by atoms with Gasteiger partial charge in [0.05, 0.1) is 19.6 Å². The summed E-state index contributed by atoms with van der Waals surface area (Å²) < 4.78 is 48.7. The van der Waals surface area contributed by atoms with Crippen molar-refractivity contribution in [1.29, 1.82) is 0 Å². The molecule has 0 saturated carbocycles. The first-order valence-electron chi connectivity index (χ1n) is 8.46. The number of rotatable bonds is 5. The molecule has 2 rings (SSSR count). The number of aromatic nitrogens is 1. The zero-order chi connectivity index (χ0) is 20.0. The van der Waals surface area contributed by atoms with Gasteiger partial charge in [-0.2, -0.15) is 13.2 Å². The summed E-state index contributed by atoms with van der Waals surface area (Å²) >= 11 is 0. The highest BCUT2D eigenvalue weighted by Crippen LogP contribution is 2.34. The van der Waals surface area contributed by atoms with Crippen molar-refractivity contribution in [3.63, 3.8) is 0 Å². The number of aliphatic imine (C=N–C) groups is 1. The van der Waals surface area contributed by atoms with Crippen molar-refractivity contribution in [2.45, 2.75) is 13.1 Å². The van der Waals surface area contributed by atoms with Crippen LogP contribution in [0.3, 0.4) is 0 Å². The molecular weight excluding hydrogens is 492 g/mol. The number of guanidine groups is 1. The standard InChI is InChI=1S/C17H23F3N4O3.HI/c1-11-9-24(10-12(11)15(25)26-3)16(21-2)23-7-8-27-14-13(17(18,19)20)5-4-6-22-14;/h4-6,11-12H,7-10H2,1-3H3,(H,21,23);1H. The molecule has 0 radical (unpaired) electrons. The van der Waals surface area contributed by atoms with Gasteiger partial charge in [-0.15, -0.1) is 24.0 Å². The summed E-state index contributed by atoms with van der Waals surface area (Å²) in [5.74, 6) is -0.308. The van der Waals surface area contributed by atoms with Crippen LogP contribution < -0.4 is 10.1 Å². The number of esters is 1. The lowest BCUT2D eigenvalue weighted by molar-refractivity contribution is -0.146. The normalized spacial score (nSPS) is 19.8. The minimum Gasteiger partial charge on any atom is -0.475 e. The second-order valence-electron chi connectivity index (χ2n) is 6.19. The van der Waals surface area contributed by atoms with Gasteiger partial charge in [0.2, 0.25) is 5.88 Å². The quantitative estimate of drug-likeness (QED) is 0.213. The first kappa shape index (κ1) is 24.2. The SMILES string of the molecule is CN=C(NCCOc1ncccc1C(F)(F)F)N1CC(C)C(C(=O)OC)C1.I. The number of nitrogens with zero attached hydrogens (tertiary/aromatic N) is 3. The third-order valence-corrected chi connectivity index (χ3v) is 4.33. The van der Waals surface area contributed by atoms with Gasteiger partial charge in [-0.3, -0.25) is 9.79 Å². The van der Waals surface area contributed by atoms with E-state index in [1.165, 1.54) is 19.4 Å². The number of hydrogen-bond acceptors (Lipinski definition) is 5. The first-order valence-corrected chi connectivity index (χ1v) is 8.46. The summed E-state index contributed by atoms with van der Waals surface area (Å²) in [7, 11) is 2.95. The average molecular weight is 516 g/mol. The van der Waals surface area contributed by atoms with Crippen LogP contribution in [0.5, 0.6) is 5.88 Å². The summed E-state index contributed by atoms with van der Waals surface area (Å²) in [5, 5.41) is 3.03. The molecule has 0 bridgehead atoms. The van der Waals surface area contributed by atoms with Crippen LogP contribution in [0.4, 0.5) is 13.2 Å². The van der Waals surface area contributed by atoms with E-state index in [9.17, 15) is 18.0 Å². The van der Waals surface area contributed by atoms with E-state index in [4.69, 9.17) is 9.47 Å². The third kappa shape index (κ3) is 6.11. The Balaban J connectivity index is 0.00000392. The van der Waals surface area contributed by atoms with E-state index < -0.39 is 17.6 Å². The molecular formula is C17H24F3IN4O3. The van der Waals surface area contributed by atoms with Crippen molar-refractivity contribution in [3.05, 3.63) is 23.9 Å². The molecule has 1 aromatic rings. The van der Waals surface area contributed by atoms with E-state index in [0.29, 0.717) is 19.0 Å². The Bertz CT molecular complexity index is 688. The van der Waals surface area contributed by atoms with Crippen molar-refractivity contribution in [2.24, 2.45) is 16.8 Å². The number of alkyl halides is 3. The van der Waals surface area contributed by atoms with Gasteiger partial charge in [0.15, 0.2) is 5.96 Å². The van der Waals surface area contributed by atoms with Crippen molar-refractivity contribution in [2.75, 3.05) is 40.4 Å². The highest BCUT2D eigenvalue weighted by molar-refractivity contribution is 14.0. The van der Waals surface area contributed by atoms with E-state index in [1.54, 1.807) is 7.05 Å². The van der Waals surface area contributed by atoms with E-state index in [0.717, 1.165) is 6.07 Å². The molecule has 1 fully saturated rings. The Morgan fingerprint density at radius 2 is 2.14 bits per heavy atom. The molecule has 0 amide bonds. The fourth-order valence-corrected chi connectivity index (χ4v) is 2.96. The lowest BCUT2D eigenvalue weighted by Crippen LogP contribution is -2.42. The molecule has 2 heterocycles. The van der Waals surface area contributed by atoms with Crippen LogP contribution in [-0.2, 0) is 15.7 Å². The molecule has 0 aliphatic carbocycles. The summed E-state index contributed by atoms with van der Waals surface area (Å²) in [4.78, 5) is 21.5. The second kappa shape index (κ2) is 10.7. The highest BCUT2D eigenvalue weighted by Gasteiger charge is 2.37. The van der Waals surface area contributed by atoms with Crippen LogP contribution in [0.1, 0.15) is 12.5 Å². The molecule has 2 unspecified atom stereocenters. The molecule has 2 atom stereocenters. The first-order chi connectivity index (χ1) is 12.8. The number of hydrogen-bond donors (Lipinski definition) is 1. The Morgan fingerprint density at radius 3 is 2.75 bits per heavy atom. The molecule has 1 aliphatic rings. The van der Waals surface area contributed by atoms with Gasteiger partial charge in [0.1, 0.15) is 12.2 Å². The molecule has 1 saturated heterocycles.